The molecule has 1 aliphatic heterocycles. The van der Waals surface area contributed by atoms with Gasteiger partial charge in [-0.25, -0.2) is 9.18 Å². The standard InChI is InChI=1S/C8H4BrFO2/c9-6-2-5-4(1-7(6)10)3-12-8(5)11/h1-2H,3H2. The molecule has 0 bridgehead atoms. The van der Waals surface area contributed by atoms with E-state index in [1.807, 2.05) is 0 Å². The molecule has 0 saturated heterocycles. The largest absolute Gasteiger partial charge is 0.457 e. The quantitative estimate of drug-likeness (QED) is 0.640. The van der Waals surface area contributed by atoms with Crippen molar-refractivity contribution < 1.29 is 13.9 Å². The van der Waals surface area contributed by atoms with Gasteiger partial charge in [-0.05, 0) is 28.1 Å². The van der Waals surface area contributed by atoms with Gasteiger partial charge in [-0.2, -0.15) is 0 Å². The Bertz CT molecular complexity index is 362. The van der Waals surface area contributed by atoms with Crippen LogP contribution in [0.3, 0.4) is 0 Å². The average molecular weight is 231 g/mol. The molecule has 0 N–H and O–H groups in total. The first-order valence-electron chi connectivity index (χ1n) is 3.33. The third kappa shape index (κ3) is 1.03. The molecule has 1 aliphatic rings. The second-order valence-corrected chi connectivity index (χ2v) is 3.35. The van der Waals surface area contributed by atoms with Crippen LogP contribution in [0.2, 0.25) is 0 Å². The van der Waals surface area contributed by atoms with Crippen LogP contribution in [-0.4, -0.2) is 5.97 Å². The van der Waals surface area contributed by atoms with Crippen molar-refractivity contribution in [1.82, 2.24) is 0 Å². The summed E-state index contributed by atoms with van der Waals surface area (Å²) in [5.41, 5.74) is 1.06. The minimum absolute atomic E-state index is 0.179. The number of carbonyl (C=O) groups is 1. The normalized spacial score (nSPS) is 14.3. The maximum absolute atomic E-state index is 12.9. The number of halogens is 2. The molecule has 1 heterocycles. The van der Waals surface area contributed by atoms with Crippen molar-refractivity contribution in [3.63, 3.8) is 0 Å². The van der Waals surface area contributed by atoms with Gasteiger partial charge in [0.1, 0.15) is 12.4 Å². The summed E-state index contributed by atoms with van der Waals surface area (Å²) in [4.78, 5) is 11.0. The number of hydrogen-bond donors (Lipinski definition) is 0. The van der Waals surface area contributed by atoms with Crippen LogP contribution in [0.4, 0.5) is 4.39 Å². The smallest absolute Gasteiger partial charge is 0.338 e. The van der Waals surface area contributed by atoms with Crippen molar-refractivity contribution >= 4 is 21.9 Å². The molecule has 0 amide bonds. The number of fused-ring (bicyclic) bond motifs is 1. The number of rotatable bonds is 0. The highest BCUT2D eigenvalue weighted by Gasteiger charge is 2.22. The van der Waals surface area contributed by atoms with Gasteiger partial charge in [0.05, 0.1) is 10.0 Å². The molecule has 0 radical (unpaired) electrons. The van der Waals surface area contributed by atoms with Gasteiger partial charge < -0.3 is 4.74 Å². The van der Waals surface area contributed by atoms with Gasteiger partial charge in [0.15, 0.2) is 0 Å². The third-order valence-corrected chi connectivity index (χ3v) is 2.33. The van der Waals surface area contributed by atoms with Crippen molar-refractivity contribution in [2.24, 2.45) is 0 Å². The van der Waals surface area contributed by atoms with Crippen molar-refractivity contribution in [1.29, 1.82) is 0 Å². The van der Waals surface area contributed by atoms with E-state index >= 15 is 0 Å². The van der Waals surface area contributed by atoms with Crippen molar-refractivity contribution in [2.75, 3.05) is 0 Å². The van der Waals surface area contributed by atoms with Crippen LogP contribution in [0.1, 0.15) is 15.9 Å². The van der Waals surface area contributed by atoms with Crippen LogP contribution >= 0.6 is 15.9 Å². The van der Waals surface area contributed by atoms with E-state index in [-0.39, 0.29) is 18.4 Å². The Morgan fingerprint density at radius 2 is 2.25 bits per heavy atom. The lowest BCUT2D eigenvalue weighted by atomic mass is 10.1. The lowest BCUT2D eigenvalue weighted by Gasteiger charge is -1.96. The summed E-state index contributed by atoms with van der Waals surface area (Å²) >= 11 is 2.99. The van der Waals surface area contributed by atoms with Crippen molar-refractivity contribution in [2.45, 2.75) is 6.61 Å². The SMILES string of the molecule is O=C1OCc2cc(F)c(Br)cc21. The predicted molar refractivity (Wildman–Crippen MR) is 43.2 cm³/mol. The summed E-state index contributed by atoms with van der Waals surface area (Å²) in [7, 11) is 0. The molecular formula is C8H4BrFO2. The van der Waals surface area contributed by atoms with E-state index in [1.54, 1.807) is 0 Å². The molecule has 0 fully saturated rings. The van der Waals surface area contributed by atoms with Crippen LogP contribution in [0.15, 0.2) is 16.6 Å². The zero-order valence-electron chi connectivity index (χ0n) is 5.93. The summed E-state index contributed by atoms with van der Waals surface area (Å²) in [6.45, 7) is 0.179. The van der Waals surface area contributed by atoms with Gasteiger partial charge in [-0.1, -0.05) is 0 Å². The first-order chi connectivity index (χ1) is 5.68. The van der Waals surface area contributed by atoms with E-state index < -0.39 is 0 Å². The van der Waals surface area contributed by atoms with Gasteiger partial charge in [0, 0.05) is 5.56 Å². The molecule has 1 aromatic rings. The number of hydrogen-bond acceptors (Lipinski definition) is 2. The predicted octanol–water partition coefficient (Wildman–Crippen LogP) is 2.26. The molecule has 0 spiro atoms. The first kappa shape index (κ1) is 7.73. The second-order valence-electron chi connectivity index (χ2n) is 2.50. The van der Waals surface area contributed by atoms with Gasteiger partial charge in [0.25, 0.3) is 0 Å². The highest BCUT2D eigenvalue weighted by Crippen LogP contribution is 2.26. The lowest BCUT2D eigenvalue weighted by molar-refractivity contribution is 0.0535. The van der Waals surface area contributed by atoms with E-state index in [1.165, 1.54) is 12.1 Å². The summed E-state index contributed by atoms with van der Waals surface area (Å²) in [5, 5.41) is 0. The van der Waals surface area contributed by atoms with Crippen LogP contribution in [0, 0.1) is 5.82 Å². The number of ether oxygens (including phenoxy) is 1. The molecule has 0 unspecified atom stereocenters. The summed E-state index contributed by atoms with van der Waals surface area (Å²) in [6, 6.07) is 2.75. The summed E-state index contributed by atoms with van der Waals surface area (Å²) < 4.78 is 17.9. The number of esters is 1. The van der Waals surface area contributed by atoms with Crippen molar-refractivity contribution in [3.05, 3.63) is 33.5 Å². The highest BCUT2D eigenvalue weighted by atomic mass is 79.9. The lowest BCUT2D eigenvalue weighted by Crippen LogP contribution is -1.93. The summed E-state index contributed by atoms with van der Waals surface area (Å²) in [6.07, 6.45) is 0. The molecular weight excluding hydrogens is 227 g/mol. The molecule has 2 rings (SSSR count). The first-order valence-corrected chi connectivity index (χ1v) is 4.13. The van der Waals surface area contributed by atoms with E-state index in [2.05, 4.69) is 15.9 Å². The molecule has 0 aromatic heterocycles. The average Bonchev–Trinajstić information content (AvgIpc) is 2.35. The highest BCUT2D eigenvalue weighted by molar-refractivity contribution is 9.10. The van der Waals surface area contributed by atoms with Gasteiger partial charge in [0.2, 0.25) is 0 Å². The van der Waals surface area contributed by atoms with E-state index in [0.717, 1.165) is 0 Å². The molecule has 12 heavy (non-hydrogen) atoms. The molecule has 0 atom stereocenters. The maximum Gasteiger partial charge on any atom is 0.338 e. The Hall–Kier alpha value is -0.900. The maximum atomic E-state index is 12.9. The number of benzene rings is 1. The Morgan fingerprint density at radius 1 is 1.50 bits per heavy atom. The topological polar surface area (TPSA) is 26.3 Å². The van der Waals surface area contributed by atoms with Gasteiger partial charge in [-0.3, -0.25) is 0 Å². The van der Waals surface area contributed by atoms with Gasteiger partial charge in [-0.15, -0.1) is 0 Å². The second kappa shape index (κ2) is 2.55. The molecule has 0 saturated carbocycles. The Kier molecular flexibility index (Phi) is 1.65. The Balaban J connectivity index is 2.63. The zero-order chi connectivity index (χ0) is 8.72. The van der Waals surface area contributed by atoms with E-state index in [4.69, 9.17) is 4.74 Å². The van der Waals surface area contributed by atoms with Crippen LogP contribution < -0.4 is 0 Å². The molecule has 2 nitrogen and oxygen atoms in total. The molecule has 1 aromatic carbocycles. The van der Waals surface area contributed by atoms with Crippen molar-refractivity contribution in [3.8, 4) is 0 Å². The Labute approximate surface area is 76.5 Å². The number of cyclic esters (lactones) is 1. The fourth-order valence-electron chi connectivity index (χ4n) is 1.12. The van der Waals surface area contributed by atoms with Crippen LogP contribution in [0.5, 0.6) is 0 Å². The fourth-order valence-corrected chi connectivity index (χ4v) is 1.46. The number of carbonyl (C=O) groups excluding carboxylic acids is 1. The van der Waals surface area contributed by atoms with Gasteiger partial charge >= 0.3 is 5.97 Å². The fraction of sp³-hybridized carbons (Fsp3) is 0.125. The minimum atomic E-state index is -0.384. The zero-order valence-corrected chi connectivity index (χ0v) is 7.52. The monoisotopic (exact) mass is 230 g/mol. The van der Waals surface area contributed by atoms with E-state index in [0.29, 0.717) is 15.6 Å². The molecule has 62 valence electrons. The van der Waals surface area contributed by atoms with Crippen LogP contribution in [0.25, 0.3) is 0 Å². The minimum Gasteiger partial charge on any atom is -0.457 e. The molecule has 4 heteroatoms. The summed E-state index contributed by atoms with van der Waals surface area (Å²) in [5.74, 6) is -0.752. The molecule has 0 aliphatic carbocycles. The van der Waals surface area contributed by atoms with E-state index in [9.17, 15) is 9.18 Å². The van der Waals surface area contributed by atoms with Crippen LogP contribution in [-0.2, 0) is 11.3 Å². The third-order valence-electron chi connectivity index (χ3n) is 1.72. The Morgan fingerprint density at radius 3 is 3.00 bits per heavy atom.